The van der Waals surface area contributed by atoms with Gasteiger partial charge in [-0.15, -0.1) is 5.10 Å². The molecule has 1 atom stereocenters. The summed E-state index contributed by atoms with van der Waals surface area (Å²) in [4.78, 5) is 24.3. The van der Waals surface area contributed by atoms with Crippen molar-refractivity contribution < 1.29 is 13.9 Å². The molecular formula is C18H23FN4O3. The van der Waals surface area contributed by atoms with Gasteiger partial charge in [-0.1, -0.05) is 13.3 Å². The highest BCUT2D eigenvalue weighted by Gasteiger charge is 2.23. The van der Waals surface area contributed by atoms with Crippen LogP contribution in [0.4, 0.5) is 4.39 Å². The molecule has 1 aliphatic heterocycles. The molecule has 0 saturated carbocycles. The zero-order chi connectivity index (χ0) is 18.8. The van der Waals surface area contributed by atoms with Gasteiger partial charge in [-0.05, 0) is 32.3 Å². The zero-order valence-corrected chi connectivity index (χ0v) is 15.0. The lowest BCUT2D eigenvalue weighted by Crippen LogP contribution is -2.27. The fourth-order valence-corrected chi connectivity index (χ4v) is 3.23. The first-order valence-corrected chi connectivity index (χ1v) is 8.91. The fraction of sp³-hybridized carbons (Fsp3) is 0.500. The molecule has 1 amide bonds. The van der Waals surface area contributed by atoms with Crippen LogP contribution < -0.4 is 16.2 Å². The van der Waals surface area contributed by atoms with Gasteiger partial charge >= 0.3 is 5.69 Å². The van der Waals surface area contributed by atoms with Crippen LogP contribution in [0.15, 0.2) is 16.9 Å². The van der Waals surface area contributed by atoms with Crippen LogP contribution in [0.5, 0.6) is 5.75 Å². The predicted octanol–water partition coefficient (Wildman–Crippen LogP) is 2.18. The van der Waals surface area contributed by atoms with Gasteiger partial charge in [0, 0.05) is 19.0 Å². The number of hydrogen-bond acceptors (Lipinski definition) is 4. The maximum absolute atomic E-state index is 14.6. The summed E-state index contributed by atoms with van der Waals surface area (Å²) in [6.45, 7) is 4.45. The van der Waals surface area contributed by atoms with E-state index in [4.69, 9.17) is 10.5 Å². The summed E-state index contributed by atoms with van der Waals surface area (Å²) < 4.78 is 23.0. The molecule has 7 nitrogen and oxygen atoms in total. The lowest BCUT2D eigenvalue weighted by Gasteiger charge is -2.17. The molecular weight excluding hydrogens is 339 g/mol. The van der Waals surface area contributed by atoms with Gasteiger partial charge in [0.1, 0.15) is 23.1 Å². The van der Waals surface area contributed by atoms with E-state index < -0.39 is 17.4 Å². The first kappa shape index (κ1) is 18.2. The van der Waals surface area contributed by atoms with Crippen LogP contribution in [-0.4, -0.2) is 26.4 Å². The lowest BCUT2D eigenvalue weighted by atomic mass is 10.1. The minimum absolute atomic E-state index is 0.0411. The van der Waals surface area contributed by atoms with E-state index in [1.165, 1.54) is 6.07 Å². The number of primary amides is 1. The van der Waals surface area contributed by atoms with Crippen molar-refractivity contribution in [1.29, 1.82) is 0 Å². The number of carbonyl (C=O) groups excluding carboxylic acids is 1. The number of nitrogens with two attached hydrogens (primary N) is 1. The molecule has 140 valence electrons. The van der Waals surface area contributed by atoms with Crippen LogP contribution >= 0.6 is 0 Å². The van der Waals surface area contributed by atoms with E-state index in [9.17, 15) is 14.0 Å². The Kier molecular flexibility index (Phi) is 5.11. The molecule has 8 heteroatoms. The van der Waals surface area contributed by atoms with E-state index in [1.807, 2.05) is 13.8 Å². The summed E-state index contributed by atoms with van der Waals surface area (Å²) in [7, 11) is 0. The highest BCUT2D eigenvalue weighted by molar-refractivity contribution is 5.96. The van der Waals surface area contributed by atoms with Crippen molar-refractivity contribution >= 4 is 5.91 Å². The van der Waals surface area contributed by atoms with Crippen LogP contribution in [0, 0.1) is 5.82 Å². The molecule has 2 aromatic rings. The van der Waals surface area contributed by atoms with Gasteiger partial charge in [0.05, 0.1) is 11.7 Å². The molecule has 0 unspecified atom stereocenters. The minimum atomic E-state index is -0.786. The number of benzene rings is 1. The number of ether oxygens (including phenoxy) is 1. The molecule has 0 spiro atoms. The molecule has 3 rings (SSSR count). The largest absolute Gasteiger partial charge is 0.490 e. The van der Waals surface area contributed by atoms with Crippen LogP contribution in [0.2, 0.25) is 0 Å². The molecule has 0 radical (unpaired) electrons. The van der Waals surface area contributed by atoms with Crippen molar-refractivity contribution in [1.82, 2.24) is 14.3 Å². The maximum atomic E-state index is 14.6. The van der Waals surface area contributed by atoms with Crippen molar-refractivity contribution in [2.45, 2.75) is 58.6 Å². The summed E-state index contributed by atoms with van der Waals surface area (Å²) >= 11 is 0. The molecule has 2 heterocycles. The average molecular weight is 362 g/mol. The highest BCUT2D eigenvalue weighted by atomic mass is 19.1. The molecule has 0 saturated heterocycles. The lowest BCUT2D eigenvalue weighted by molar-refractivity contribution is 0.0992. The molecule has 1 aliphatic rings. The SMILES string of the molecule is CCC[C@H](C)Oc1cc(-n2nc3n(c2=O)CCCC3)c(F)cc1C(N)=O. The monoisotopic (exact) mass is 362 g/mol. The molecule has 1 aromatic heterocycles. The van der Waals surface area contributed by atoms with Crippen molar-refractivity contribution in [3.05, 3.63) is 39.8 Å². The van der Waals surface area contributed by atoms with Gasteiger partial charge in [-0.3, -0.25) is 9.36 Å². The molecule has 0 bridgehead atoms. The Morgan fingerprint density at radius 2 is 2.19 bits per heavy atom. The van der Waals surface area contributed by atoms with E-state index in [1.54, 1.807) is 4.57 Å². The topological polar surface area (TPSA) is 92.1 Å². The predicted molar refractivity (Wildman–Crippen MR) is 94.2 cm³/mol. The summed E-state index contributed by atoms with van der Waals surface area (Å²) in [5, 5.41) is 4.27. The molecule has 0 fully saturated rings. The minimum Gasteiger partial charge on any atom is -0.490 e. The van der Waals surface area contributed by atoms with Crippen molar-refractivity contribution in [2.24, 2.45) is 5.73 Å². The zero-order valence-electron chi connectivity index (χ0n) is 15.0. The Labute approximate surface area is 150 Å². The number of hydrogen-bond donors (Lipinski definition) is 1. The van der Waals surface area contributed by atoms with Crippen LogP contribution in [0.3, 0.4) is 0 Å². The second-order valence-electron chi connectivity index (χ2n) is 6.60. The molecule has 2 N–H and O–H groups in total. The van der Waals surface area contributed by atoms with E-state index in [-0.39, 0.29) is 23.1 Å². The Hall–Kier alpha value is -2.64. The third kappa shape index (κ3) is 3.36. The van der Waals surface area contributed by atoms with E-state index >= 15 is 0 Å². The normalized spacial score (nSPS) is 14.7. The summed E-state index contributed by atoms with van der Waals surface area (Å²) in [6, 6.07) is 2.35. The van der Waals surface area contributed by atoms with Crippen LogP contribution in [-0.2, 0) is 13.0 Å². The quantitative estimate of drug-likeness (QED) is 0.852. The van der Waals surface area contributed by atoms with Gasteiger partial charge in [0.25, 0.3) is 5.91 Å². The van der Waals surface area contributed by atoms with Crippen molar-refractivity contribution in [2.75, 3.05) is 0 Å². The van der Waals surface area contributed by atoms with Gasteiger partial charge in [-0.25, -0.2) is 9.18 Å². The van der Waals surface area contributed by atoms with Gasteiger partial charge < -0.3 is 10.5 Å². The van der Waals surface area contributed by atoms with Gasteiger partial charge in [0.15, 0.2) is 0 Å². The van der Waals surface area contributed by atoms with Crippen molar-refractivity contribution in [3.63, 3.8) is 0 Å². The first-order chi connectivity index (χ1) is 12.4. The number of aryl methyl sites for hydroxylation is 1. The maximum Gasteiger partial charge on any atom is 0.350 e. The number of fused-ring (bicyclic) bond motifs is 1. The first-order valence-electron chi connectivity index (χ1n) is 8.91. The summed E-state index contributed by atoms with van der Waals surface area (Å²) in [5.41, 5.74) is 4.88. The van der Waals surface area contributed by atoms with Gasteiger partial charge in [0.2, 0.25) is 0 Å². The number of aromatic nitrogens is 3. The number of halogens is 1. The van der Waals surface area contributed by atoms with E-state index in [0.29, 0.717) is 18.8 Å². The standard InChI is InChI=1S/C18H23FN4O3/c1-3-6-11(2)26-15-10-14(13(19)9-12(15)17(20)24)23-18(25)22-8-5-4-7-16(22)21-23/h9-11H,3-8H2,1-2H3,(H2,20,24)/t11-/m0/s1. The number of nitrogens with zero attached hydrogens (tertiary/aromatic N) is 3. The second kappa shape index (κ2) is 7.31. The number of rotatable bonds is 6. The Morgan fingerprint density at radius 3 is 2.85 bits per heavy atom. The van der Waals surface area contributed by atoms with E-state index in [0.717, 1.165) is 36.4 Å². The Balaban J connectivity index is 2.09. The smallest absolute Gasteiger partial charge is 0.350 e. The number of carbonyl (C=O) groups is 1. The fourth-order valence-electron chi connectivity index (χ4n) is 3.23. The molecule has 26 heavy (non-hydrogen) atoms. The van der Waals surface area contributed by atoms with Crippen molar-refractivity contribution in [3.8, 4) is 11.4 Å². The van der Waals surface area contributed by atoms with Gasteiger partial charge in [-0.2, -0.15) is 4.68 Å². The third-order valence-corrected chi connectivity index (χ3v) is 4.54. The Morgan fingerprint density at radius 1 is 1.42 bits per heavy atom. The Bertz CT molecular complexity index is 887. The van der Waals surface area contributed by atoms with Crippen LogP contribution in [0.25, 0.3) is 5.69 Å². The highest BCUT2D eigenvalue weighted by Crippen LogP contribution is 2.27. The molecule has 0 aliphatic carbocycles. The average Bonchev–Trinajstić information content (AvgIpc) is 2.93. The third-order valence-electron chi connectivity index (χ3n) is 4.54. The van der Waals surface area contributed by atoms with E-state index in [2.05, 4.69) is 5.10 Å². The summed E-state index contributed by atoms with van der Waals surface area (Å²) in [5.74, 6) is -0.730. The molecule has 1 aromatic carbocycles. The number of amides is 1. The second-order valence-corrected chi connectivity index (χ2v) is 6.60. The van der Waals surface area contributed by atoms with Crippen LogP contribution in [0.1, 0.15) is 55.7 Å². The summed E-state index contributed by atoms with van der Waals surface area (Å²) in [6.07, 6.45) is 4.01.